The van der Waals surface area contributed by atoms with Gasteiger partial charge in [0.25, 0.3) is 0 Å². The second-order valence-corrected chi connectivity index (χ2v) is 2.55. The minimum atomic E-state index is -0.298. The molecule has 12 heavy (non-hydrogen) atoms. The molecule has 0 aliphatic carbocycles. The molecule has 1 aromatic heterocycles. The Morgan fingerprint density at radius 1 is 1.33 bits per heavy atom. The van der Waals surface area contributed by atoms with E-state index in [0.717, 1.165) is 0 Å². The van der Waals surface area contributed by atoms with Crippen LogP contribution in [0.5, 0.6) is 0 Å². The quantitative estimate of drug-likeness (QED) is 0.703. The molecule has 0 unspecified atom stereocenters. The number of hydrogen-bond acceptors (Lipinski definition) is 2. The standard InChI is InChI=1S/C9H7FO2/c10-7-1-2-9-6(3-7)4-8(5-11)12-9/h1-4,11H,5H2. The van der Waals surface area contributed by atoms with Gasteiger partial charge in [-0.2, -0.15) is 0 Å². The molecule has 0 atom stereocenters. The molecule has 0 aliphatic rings. The largest absolute Gasteiger partial charge is 0.459 e. The molecule has 0 fully saturated rings. The maximum Gasteiger partial charge on any atom is 0.134 e. The summed E-state index contributed by atoms with van der Waals surface area (Å²) in [5.41, 5.74) is 0.598. The predicted molar refractivity (Wildman–Crippen MR) is 42.1 cm³/mol. The Morgan fingerprint density at radius 3 is 2.92 bits per heavy atom. The Bertz CT molecular complexity index is 406. The molecule has 1 N–H and O–H groups in total. The van der Waals surface area contributed by atoms with Gasteiger partial charge in [0, 0.05) is 5.39 Å². The van der Waals surface area contributed by atoms with Crippen molar-refractivity contribution in [2.24, 2.45) is 0 Å². The van der Waals surface area contributed by atoms with Crippen molar-refractivity contribution in [1.82, 2.24) is 0 Å². The van der Waals surface area contributed by atoms with Crippen molar-refractivity contribution in [2.75, 3.05) is 0 Å². The van der Waals surface area contributed by atoms with E-state index in [2.05, 4.69) is 0 Å². The molecule has 2 rings (SSSR count). The zero-order valence-corrected chi connectivity index (χ0v) is 6.25. The van der Waals surface area contributed by atoms with Crippen LogP contribution in [0.25, 0.3) is 11.0 Å². The average molecular weight is 166 g/mol. The fraction of sp³-hybridized carbons (Fsp3) is 0.111. The molecule has 0 saturated heterocycles. The number of hydrogen-bond donors (Lipinski definition) is 1. The number of furan rings is 1. The number of aliphatic hydroxyl groups is 1. The molecule has 0 spiro atoms. The Labute approximate surface area is 68.2 Å². The van der Waals surface area contributed by atoms with Crippen LogP contribution in [0.15, 0.2) is 28.7 Å². The van der Waals surface area contributed by atoms with Crippen LogP contribution < -0.4 is 0 Å². The second kappa shape index (κ2) is 2.60. The first-order valence-corrected chi connectivity index (χ1v) is 3.58. The molecule has 62 valence electrons. The first-order chi connectivity index (χ1) is 5.79. The van der Waals surface area contributed by atoms with E-state index >= 15 is 0 Å². The summed E-state index contributed by atoms with van der Waals surface area (Å²) in [6.45, 7) is -0.156. The highest BCUT2D eigenvalue weighted by Gasteiger charge is 2.02. The molecular formula is C9H7FO2. The zero-order chi connectivity index (χ0) is 8.55. The minimum Gasteiger partial charge on any atom is -0.459 e. The van der Waals surface area contributed by atoms with E-state index in [1.54, 1.807) is 12.1 Å². The molecule has 2 nitrogen and oxygen atoms in total. The monoisotopic (exact) mass is 166 g/mol. The van der Waals surface area contributed by atoms with Gasteiger partial charge >= 0.3 is 0 Å². The first-order valence-electron chi connectivity index (χ1n) is 3.58. The predicted octanol–water partition coefficient (Wildman–Crippen LogP) is 2.06. The van der Waals surface area contributed by atoms with Gasteiger partial charge in [0.15, 0.2) is 0 Å². The second-order valence-electron chi connectivity index (χ2n) is 2.55. The smallest absolute Gasteiger partial charge is 0.134 e. The SMILES string of the molecule is OCc1cc2cc(F)ccc2o1. The summed E-state index contributed by atoms with van der Waals surface area (Å²) in [6, 6.07) is 5.87. The van der Waals surface area contributed by atoms with Crippen LogP contribution in [0.1, 0.15) is 5.76 Å². The molecule has 2 aromatic rings. The molecule has 0 radical (unpaired) electrons. The molecule has 0 aliphatic heterocycles. The third kappa shape index (κ3) is 1.08. The lowest BCUT2D eigenvalue weighted by atomic mass is 10.2. The summed E-state index contributed by atoms with van der Waals surface area (Å²) in [5.74, 6) is 0.156. The summed E-state index contributed by atoms with van der Waals surface area (Å²) in [5, 5.41) is 9.40. The summed E-state index contributed by atoms with van der Waals surface area (Å²) in [6.07, 6.45) is 0. The van der Waals surface area contributed by atoms with Crippen LogP contribution in [-0.4, -0.2) is 5.11 Å². The number of aliphatic hydroxyl groups excluding tert-OH is 1. The third-order valence-electron chi connectivity index (χ3n) is 1.69. The summed E-state index contributed by atoms with van der Waals surface area (Å²) < 4.78 is 17.8. The topological polar surface area (TPSA) is 33.4 Å². The van der Waals surface area contributed by atoms with Crippen molar-refractivity contribution >= 4 is 11.0 Å². The Balaban J connectivity index is 2.67. The van der Waals surface area contributed by atoms with Crippen molar-refractivity contribution in [3.8, 4) is 0 Å². The molecular weight excluding hydrogens is 159 g/mol. The van der Waals surface area contributed by atoms with Crippen molar-refractivity contribution in [1.29, 1.82) is 0 Å². The van der Waals surface area contributed by atoms with Crippen molar-refractivity contribution < 1.29 is 13.9 Å². The maximum absolute atomic E-state index is 12.6. The van der Waals surface area contributed by atoms with Crippen LogP contribution in [0.3, 0.4) is 0 Å². The van der Waals surface area contributed by atoms with Gasteiger partial charge in [-0.1, -0.05) is 0 Å². The maximum atomic E-state index is 12.6. The summed E-state index contributed by atoms with van der Waals surface area (Å²) in [7, 11) is 0. The van der Waals surface area contributed by atoms with Gasteiger partial charge in [0.1, 0.15) is 23.8 Å². The molecule has 0 amide bonds. The van der Waals surface area contributed by atoms with E-state index in [4.69, 9.17) is 9.52 Å². The number of fused-ring (bicyclic) bond motifs is 1. The zero-order valence-electron chi connectivity index (χ0n) is 6.25. The number of rotatable bonds is 1. The van der Waals surface area contributed by atoms with Gasteiger partial charge in [-0.05, 0) is 24.3 Å². The lowest BCUT2D eigenvalue weighted by Gasteiger charge is -1.86. The Kier molecular flexibility index (Phi) is 1.59. The number of halogens is 1. The highest BCUT2D eigenvalue weighted by Crippen LogP contribution is 2.19. The van der Waals surface area contributed by atoms with Gasteiger partial charge in [0.2, 0.25) is 0 Å². The van der Waals surface area contributed by atoms with Crippen molar-refractivity contribution in [2.45, 2.75) is 6.61 Å². The molecule has 3 heteroatoms. The minimum absolute atomic E-state index is 0.156. The fourth-order valence-electron chi connectivity index (χ4n) is 1.15. The molecule has 0 bridgehead atoms. The van der Waals surface area contributed by atoms with Crippen LogP contribution in [0, 0.1) is 5.82 Å². The van der Waals surface area contributed by atoms with E-state index in [1.807, 2.05) is 0 Å². The summed E-state index contributed by atoms with van der Waals surface area (Å²) in [4.78, 5) is 0. The van der Waals surface area contributed by atoms with Crippen molar-refractivity contribution in [3.63, 3.8) is 0 Å². The van der Waals surface area contributed by atoms with Crippen LogP contribution in [-0.2, 0) is 6.61 Å². The molecule has 0 saturated carbocycles. The van der Waals surface area contributed by atoms with Crippen molar-refractivity contribution in [3.05, 3.63) is 35.8 Å². The van der Waals surface area contributed by atoms with E-state index in [1.165, 1.54) is 12.1 Å². The van der Waals surface area contributed by atoms with E-state index in [-0.39, 0.29) is 12.4 Å². The van der Waals surface area contributed by atoms with Crippen LogP contribution in [0.4, 0.5) is 4.39 Å². The van der Waals surface area contributed by atoms with E-state index < -0.39 is 0 Å². The molecule has 1 aromatic carbocycles. The Morgan fingerprint density at radius 2 is 2.17 bits per heavy atom. The fourth-order valence-corrected chi connectivity index (χ4v) is 1.15. The number of benzene rings is 1. The van der Waals surface area contributed by atoms with Gasteiger partial charge in [-0.15, -0.1) is 0 Å². The first kappa shape index (κ1) is 7.31. The highest BCUT2D eigenvalue weighted by atomic mass is 19.1. The molecule has 1 heterocycles. The van der Waals surface area contributed by atoms with E-state index in [0.29, 0.717) is 16.7 Å². The van der Waals surface area contributed by atoms with Gasteiger partial charge in [0.05, 0.1) is 0 Å². The average Bonchev–Trinajstić information content (AvgIpc) is 2.46. The van der Waals surface area contributed by atoms with Gasteiger partial charge < -0.3 is 9.52 Å². The Hall–Kier alpha value is -1.35. The highest BCUT2D eigenvalue weighted by molar-refractivity contribution is 5.77. The van der Waals surface area contributed by atoms with Gasteiger partial charge in [-0.25, -0.2) is 4.39 Å². The summed E-state index contributed by atoms with van der Waals surface area (Å²) >= 11 is 0. The lowest BCUT2D eigenvalue weighted by molar-refractivity contribution is 0.251. The van der Waals surface area contributed by atoms with E-state index in [9.17, 15) is 4.39 Å². The van der Waals surface area contributed by atoms with Crippen LogP contribution in [0.2, 0.25) is 0 Å². The van der Waals surface area contributed by atoms with Gasteiger partial charge in [-0.3, -0.25) is 0 Å². The lowest BCUT2D eigenvalue weighted by Crippen LogP contribution is -1.72. The third-order valence-corrected chi connectivity index (χ3v) is 1.69. The van der Waals surface area contributed by atoms with Crippen LogP contribution >= 0.6 is 0 Å². The normalized spacial score (nSPS) is 10.8.